The van der Waals surface area contributed by atoms with Gasteiger partial charge in [0.15, 0.2) is 5.78 Å². The maximum atomic E-state index is 12.8. The van der Waals surface area contributed by atoms with E-state index in [0.717, 1.165) is 23.1 Å². The quantitative estimate of drug-likeness (QED) is 0.148. The van der Waals surface area contributed by atoms with Crippen LogP contribution in [0.2, 0.25) is 5.02 Å². The predicted octanol–water partition coefficient (Wildman–Crippen LogP) is 5.87. The van der Waals surface area contributed by atoms with E-state index in [1.807, 2.05) is 0 Å². The van der Waals surface area contributed by atoms with Gasteiger partial charge in [0, 0.05) is 16.7 Å². The highest BCUT2D eigenvalue weighted by atomic mass is 35.5. The SMILES string of the molecule is O=C(CN1C(=O)S/C(=C/c2cccc(Oc3ccc([N+](=O)[O-])cc3[N+](=O)[O-])c2)C1=O)c1ccc(Cl)cc1. The first-order valence-electron chi connectivity index (χ1n) is 10.4. The number of non-ortho nitro benzene ring substituents is 1. The van der Waals surface area contributed by atoms with E-state index in [9.17, 15) is 34.6 Å². The second-order valence-corrected chi connectivity index (χ2v) is 8.97. The van der Waals surface area contributed by atoms with E-state index in [-0.39, 0.29) is 16.4 Å². The smallest absolute Gasteiger partial charge is 0.318 e. The topological polar surface area (TPSA) is 150 Å². The van der Waals surface area contributed by atoms with Crippen LogP contribution < -0.4 is 4.74 Å². The van der Waals surface area contributed by atoms with E-state index >= 15 is 0 Å². The Kier molecular flexibility index (Phi) is 7.32. The van der Waals surface area contributed by atoms with Gasteiger partial charge in [-0.2, -0.15) is 0 Å². The monoisotopic (exact) mass is 539 g/mol. The van der Waals surface area contributed by atoms with Gasteiger partial charge in [-0.05, 0) is 65.9 Å². The number of rotatable bonds is 8. The first-order chi connectivity index (χ1) is 17.6. The summed E-state index contributed by atoms with van der Waals surface area (Å²) in [6.07, 6.45) is 1.43. The van der Waals surface area contributed by atoms with Gasteiger partial charge in [-0.25, -0.2) is 0 Å². The summed E-state index contributed by atoms with van der Waals surface area (Å²) in [5.41, 5.74) is -0.307. The van der Waals surface area contributed by atoms with Crippen molar-refractivity contribution < 1.29 is 29.0 Å². The molecule has 3 aromatic rings. The van der Waals surface area contributed by atoms with Gasteiger partial charge in [0.1, 0.15) is 5.75 Å². The molecule has 4 rings (SSSR count). The molecule has 0 aromatic heterocycles. The summed E-state index contributed by atoms with van der Waals surface area (Å²) in [5.74, 6) is -1.13. The van der Waals surface area contributed by atoms with Crippen molar-refractivity contribution in [2.75, 3.05) is 6.54 Å². The van der Waals surface area contributed by atoms with Crippen LogP contribution in [0, 0.1) is 20.2 Å². The molecule has 1 aliphatic rings. The van der Waals surface area contributed by atoms with Crippen LogP contribution in [-0.4, -0.2) is 38.2 Å². The highest BCUT2D eigenvalue weighted by Crippen LogP contribution is 2.36. The zero-order chi connectivity index (χ0) is 26.7. The molecule has 1 aliphatic heterocycles. The number of nitro groups is 2. The predicted molar refractivity (Wildman–Crippen MR) is 135 cm³/mol. The minimum Gasteiger partial charge on any atom is -0.450 e. The maximum Gasteiger partial charge on any atom is 0.318 e. The molecule has 1 saturated heterocycles. The van der Waals surface area contributed by atoms with Crippen molar-refractivity contribution in [1.29, 1.82) is 0 Å². The van der Waals surface area contributed by atoms with Crippen LogP contribution in [0.5, 0.6) is 11.5 Å². The summed E-state index contributed by atoms with van der Waals surface area (Å²) in [6, 6.07) is 15.2. The van der Waals surface area contributed by atoms with Crippen LogP contribution in [-0.2, 0) is 4.79 Å². The number of carbonyl (C=O) groups excluding carboxylic acids is 3. The van der Waals surface area contributed by atoms with Crippen molar-refractivity contribution in [3.8, 4) is 11.5 Å². The largest absolute Gasteiger partial charge is 0.450 e. The van der Waals surface area contributed by atoms with Crippen LogP contribution in [0.4, 0.5) is 16.2 Å². The molecule has 37 heavy (non-hydrogen) atoms. The Labute approximate surface area is 217 Å². The molecular weight excluding hydrogens is 526 g/mol. The fourth-order valence-electron chi connectivity index (χ4n) is 3.30. The number of imide groups is 1. The van der Waals surface area contributed by atoms with E-state index in [0.29, 0.717) is 27.9 Å². The van der Waals surface area contributed by atoms with E-state index in [1.54, 1.807) is 12.1 Å². The van der Waals surface area contributed by atoms with E-state index in [4.69, 9.17) is 16.3 Å². The molecule has 0 radical (unpaired) electrons. The van der Waals surface area contributed by atoms with E-state index in [1.165, 1.54) is 42.5 Å². The Morgan fingerprint density at radius 2 is 1.73 bits per heavy atom. The van der Waals surface area contributed by atoms with Crippen LogP contribution >= 0.6 is 23.4 Å². The third-order valence-electron chi connectivity index (χ3n) is 5.08. The Hall–Kier alpha value is -4.55. The van der Waals surface area contributed by atoms with Gasteiger partial charge in [0.05, 0.1) is 27.4 Å². The molecule has 0 aliphatic carbocycles. The molecule has 0 saturated carbocycles. The average molecular weight is 540 g/mol. The molecule has 0 bridgehead atoms. The first-order valence-corrected chi connectivity index (χ1v) is 11.6. The standard InChI is InChI=1S/C24H14ClN3O8S/c25-16-6-4-15(5-7-16)20(29)13-26-23(30)22(37-24(26)31)11-14-2-1-3-18(10-14)36-21-9-8-17(27(32)33)12-19(21)28(34)35/h1-12H,13H2/b22-11+. The second-order valence-electron chi connectivity index (χ2n) is 7.54. The lowest BCUT2D eigenvalue weighted by atomic mass is 10.1. The normalized spacial score (nSPS) is 14.2. The second kappa shape index (κ2) is 10.6. The molecule has 1 fully saturated rings. The zero-order valence-corrected chi connectivity index (χ0v) is 20.1. The third kappa shape index (κ3) is 5.82. The highest BCUT2D eigenvalue weighted by molar-refractivity contribution is 8.18. The van der Waals surface area contributed by atoms with Crippen LogP contribution in [0.25, 0.3) is 6.08 Å². The number of nitro benzene ring substituents is 2. The lowest BCUT2D eigenvalue weighted by Gasteiger charge is -2.11. The Morgan fingerprint density at radius 1 is 1.00 bits per heavy atom. The number of benzene rings is 3. The van der Waals surface area contributed by atoms with Gasteiger partial charge >= 0.3 is 5.69 Å². The van der Waals surface area contributed by atoms with E-state index in [2.05, 4.69) is 0 Å². The molecule has 1 heterocycles. The molecule has 2 amide bonds. The summed E-state index contributed by atoms with van der Waals surface area (Å²) in [6.45, 7) is -0.434. The van der Waals surface area contributed by atoms with Gasteiger partial charge in [0.2, 0.25) is 5.75 Å². The summed E-state index contributed by atoms with van der Waals surface area (Å²) in [4.78, 5) is 59.4. The minimum absolute atomic E-state index is 0.0763. The fourth-order valence-corrected chi connectivity index (χ4v) is 4.27. The first kappa shape index (κ1) is 25.5. The molecule has 0 atom stereocenters. The zero-order valence-electron chi connectivity index (χ0n) is 18.5. The fraction of sp³-hybridized carbons (Fsp3) is 0.0417. The summed E-state index contributed by atoms with van der Waals surface area (Å²) in [5, 5.41) is 22.1. The van der Waals surface area contributed by atoms with Crippen molar-refractivity contribution in [2.45, 2.75) is 0 Å². The molecular formula is C24H14ClN3O8S. The van der Waals surface area contributed by atoms with Gasteiger partial charge in [-0.1, -0.05) is 23.7 Å². The number of Topliss-reactive ketones (excluding diaryl/α,β-unsaturated/α-hetero) is 1. The molecule has 11 nitrogen and oxygen atoms in total. The Morgan fingerprint density at radius 3 is 2.41 bits per heavy atom. The maximum absolute atomic E-state index is 12.8. The number of nitrogens with zero attached hydrogens (tertiary/aromatic N) is 3. The highest BCUT2D eigenvalue weighted by Gasteiger charge is 2.36. The lowest BCUT2D eigenvalue weighted by molar-refractivity contribution is -0.394. The van der Waals surface area contributed by atoms with Crippen molar-refractivity contribution >= 4 is 57.7 Å². The Balaban J connectivity index is 1.52. The van der Waals surface area contributed by atoms with Crippen molar-refractivity contribution in [3.63, 3.8) is 0 Å². The Bertz CT molecular complexity index is 1490. The van der Waals surface area contributed by atoms with Crippen LogP contribution in [0.3, 0.4) is 0 Å². The van der Waals surface area contributed by atoms with Gasteiger partial charge in [0.25, 0.3) is 16.8 Å². The number of carbonyl (C=O) groups is 3. The number of thioether (sulfide) groups is 1. The summed E-state index contributed by atoms with van der Waals surface area (Å²) >= 11 is 6.49. The van der Waals surface area contributed by atoms with Gasteiger partial charge in [-0.3, -0.25) is 39.5 Å². The summed E-state index contributed by atoms with van der Waals surface area (Å²) in [7, 11) is 0. The number of halogens is 1. The summed E-state index contributed by atoms with van der Waals surface area (Å²) < 4.78 is 5.57. The third-order valence-corrected chi connectivity index (χ3v) is 6.23. The molecule has 186 valence electrons. The number of hydrogen-bond donors (Lipinski definition) is 0. The minimum atomic E-state index is -0.798. The van der Waals surface area contributed by atoms with E-state index < -0.39 is 44.7 Å². The van der Waals surface area contributed by atoms with Crippen LogP contribution in [0.1, 0.15) is 15.9 Å². The van der Waals surface area contributed by atoms with Crippen LogP contribution in [0.15, 0.2) is 71.6 Å². The van der Waals surface area contributed by atoms with Gasteiger partial charge in [-0.15, -0.1) is 0 Å². The molecule has 0 unspecified atom stereocenters. The van der Waals surface area contributed by atoms with Gasteiger partial charge < -0.3 is 4.74 Å². The number of ether oxygens (including phenoxy) is 1. The van der Waals surface area contributed by atoms with Crippen molar-refractivity contribution in [2.24, 2.45) is 0 Å². The molecule has 13 heteroatoms. The van der Waals surface area contributed by atoms with Crippen molar-refractivity contribution in [1.82, 2.24) is 4.90 Å². The lowest BCUT2D eigenvalue weighted by Crippen LogP contribution is -2.33. The number of amides is 2. The average Bonchev–Trinajstić information content (AvgIpc) is 3.11. The van der Waals surface area contributed by atoms with Crippen molar-refractivity contribution in [3.05, 3.63) is 108 Å². The molecule has 0 N–H and O–H groups in total. The number of hydrogen-bond acceptors (Lipinski definition) is 9. The number of ketones is 1. The molecule has 3 aromatic carbocycles. The molecule has 0 spiro atoms.